The highest BCUT2D eigenvalue weighted by molar-refractivity contribution is 7.13. The van der Waals surface area contributed by atoms with Crippen molar-refractivity contribution >= 4 is 22.4 Å². The van der Waals surface area contributed by atoms with E-state index in [2.05, 4.69) is 15.0 Å². The van der Waals surface area contributed by atoms with Crippen molar-refractivity contribution in [1.82, 2.24) is 19.7 Å². The van der Waals surface area contributed by atoms with Crippen molar-refractivity contribution in [3.63, 3.8) is 0 Å². The van der Waals surface area contributed by atoms with E-state index in [0.717, 1.165) is 37.7 Å². The van der Waals surface area contributed by atoms with Crippen LogP contribution in [0.15, 0.2) is 30.0 Å². The monoisotopic (exact) mass is 305 g/mol. The van der Waals surface area contributed by atoms with Crippen LogP contribution in [0.3, 0.4) is 0 Å². The Morgan fingerprint density at radius 3 is 2.90 bits per heavy atom. The molecule has 3 heterocycles. The number of carbonyl (C=O) groups is 1. The average Bonchev–Trinajstić information content (AvgIpc) is 3.16. The number of nitrogens with zero attached hydrogens (tertiary/aromatic N) is 5. The normalized spacial score (nSPS) is 17.6. The van der Waals surface area contributed by atoms with E-state index in [-0.39, 0.29) is 11.9 Å². The first-order chi connectivity index (χ1) is 10.3. The Balaban J connectivity index is 1.63. The molecule has 1 fully saturated rings. The fourth-order valence-electron chi connectivity index (χ4n) is 2.59. The predicted molar refractivity (Wildman–Crippen MR) is 82.5 cm³/mol. The summed E-state index contributed by atoms with van der Waals surface area (Å²) in [5, 5.41) is 7.20. The maximum Gasteiger partial charge on any atom is 0.247 e. The van der Waals surface area contributed by atoms with Gasteiger partial charge in [-0.2, -0.15) is 5.10 Å². The lowest BCUT2D eigenvalue weighted by atomic mass is 10.2. The van der Waals surface area contributed by atoms with E-state index in [1.807, 2.05) is 35.7 Å². The maximum atomic E-state index is 12.6. The summed E-state index contributed by atoms with van der Waals surface area (Å²) in [5.74, 6) is 0.139. The van der Waals surface area contributed by atoms with E-state index in [1.165, 1.54) is 0 Å². The van der Waals surface area contributed by atoms with Gasteiger partial charge in [0, 0.05) is 50.1 Å². The van der Waals surface area contributed by atoms with E-state index < -0.39 is 0 Å². The van der Waals surface area contributed by atoms with Crippen LogP contribution in [0.25, 0.3) is 0 Å². The molecule has 0 aromatic carbocycles. The number of amides is 1. The molecule has 0 N–H and O–H groups in total. The molecule has 1 aliphatic rings. The third kappa shape index (κ3) is 3.07. The highest BCUT2D eigenvalue weighted by atomic mass is 32.1. The Bertz CT molecular complexity index is 568. The third-order valence-corrected chi connectivity index (χ3v) is 4.61. The number of thiazole rings is 1. The van der Waals surface area contributed by atoms with Gasteiger partial charge in [0.2, 0.25) is 5.91 Å². The molecule has 1 saturated heterocycles. The highest BCUT2D eigenvalue weighted by Crippen LogP contribution is 2.20. The molecule has 0 aliphatic carbocycles. The summed E-state index contributed by atoms with van der Waals surface area (Å²) < 4.78 is 1.71. The van der Waals surface area contributed by atoms with Gasteiger partial charge in [-0.3, -0.25) is 9.48 Å². The molecule has 1 atom stereocenters. The second-order valence-corrected chi connectivity index (χ2v) is 6.02. The van der Waals surface area contributed by atoms with Gasteiger partial charge < -0.3 is 9.80 Å². The van der Waals surface area contributed by atoms with E-state index in [4.69, 9.17) is 0 Å². The lowest BCUT2D eigenvalue weighted by Gasteiger charge is -2.24. The first-order valence-electron chi connectivity index (χ1n) is 7.18. The molecule has 3 rings (SSSR count). The number of hydrogen-bond acceptors (Lipinski definition) is 5. The van der Waals surface area contributed by atoms with Gasteiger partial charge in [-0.15, -0.1) is 11.3 Å². The molecule has 2 aromatic rings. The van der Waals surface area contributed by atoms with Crippen molar-refractivity contribution in [3.8, 4) is 0 Å². The molecule has 21 heavy (non-hydrogen) atoms. The van der Waals surface area contributed by atoms with Crippen molar-refractivity contribution in [3.05, 3.63) is 30.0 Å². The summed E-state index contributed by atoms with van der Waals surface area (Å²) >= 11 is 1.65. The lowest BCUT2D eigenvalue weighted by molar-refractivity contribution is -0.134. The average molecular weight is 305 g/mol. The molecule has 2 aromatic heterocycles. The van der Waals surface area contributed by atoms with Crippen LogP contribution in [0.5, 0.6) is 0 Å². The van der Waals surface area contributed by atoms with Crippen molar-refractivity contribution in [2.75, 3.05) is 31.1 Å². The Labute approximate surface area is 128 Å². The number of carbonyl (C=O) groups excluding carboxylic acids is 1. The van der Waals surface area contributed by atoms with E-state index in [9.17, 15) is 4.79 Å². The molecule has 0 bridgehead atoms. The van der Waals surface area contributed by atoms with Crippen LogP contribution in [0.1, 0.15) is 19.4 Å². The van der Waals surface area contributed by atoms with Gasteiger partial charge in [-0.05, 0) is 19.4 Å². The van der Waals surface area contributed by atoms with Crippen LogP contribution in [-0.2, 0) is 4.79 Å². The summed E-state index contributed by atoms with van der Waals surface area (Å²) in [7, 11) is 0. The smallest absolute Gasteiger partial charge is 0.247 e. The minimum atomic E-state index is -0.244. The number of aromatic nitrogens is 3. The highest BCUT2D eigenvalue weighted by Gasteiger charge is 2.25. The Hall–Kier alpha value is -1.89. The molecule has 6 nitrogen and oxygen atoms in total. The minimum absolute atomic E-state index is 0.139. The summed E-state index contributed by atoms with van der Waals surface area (Å²) in [6, 6.07) is 1.60. The first-order valence-corrected chi connectivity index (χ1v) is 8.06. The summed E-state index contributed by atoms with van der Waals surface area (Å²) in [5.41, 5.74) is 0. The molecule has 112 valence electrons. The van der Waals surface area contributed by atoms with Gasteiger partial charge in [0.05, 0.1) is 0 Å². The van der Waals surface area contributed by atoms with Crippen LogP contribution in [-0.4, -0.2) is 51.8 Å². The SMILES string of the molecule is C[C@@H](C(=O)N1CCCN(c2nccs2)CC1)n1cccn1. The van der Waals surface area contributed by atoms with Gasteiger partial charge in [0.25, 0.3) is 0 Å². The predicted octanol–water partition coefficient (Wildman–Crippen LogP) is 1.64. The zero-order valence-corrected chi connectivity index (χ0v) is 12.9. The van der Waals surface area contributed by atoms with Gasteiger partial charge in [0.15, 0.2) is 5.13 Å². The van der Waals surface area contributed by atoms with Gasteiger partial charge in [-0.25, -0.2) is 4.98 Å². The number of hydrogen-bond donors (Lipinski definition) is 0. The summed E-state index contributed by atoms with van der Waals surface area (Å²) in [6.45, 7) is 5.23. The minimum Gasteiger partial charge on any atom is -0.346 e. The zero-order valence-electron chi connectivity index (χ0n) is 12.1. The van der Waals surface area contributed by atoms with E-state index in [0.29, 0.717) is 0 Å². The number of rotatable bonds is 3. The van der Waals surface area contributed by atoms with Gasteiger partial charge in [0.1, 0.15) is 6.04 Å². The second kappa shape index (κ2) is 6.26. The molecule has 1 amide bonds. The maximum absolute atomic E-state index is 12.6. The fraction of sp³-hybridized carbons (Fsp3) is 0.500. The largest absolute Gasteiger partial charge is 0.346 e. The quantitative estimate of drug-likeness (QED) is 0.865. The van der Waals surface area contributed by atoms with Crippen molar-refractivity contribution < 1.29 is 4.79 Å². The molecule has 1 aliphatic heterocycles. The third-order valence-electron chi connectivity index (χ3n) is 3.78. The van der Waals surface area contributed by atoms with Crippen LogP contribution < -0.4 is 4.90 Å². The zero-order chi connectivity index (χ0) is 14.7. The van der Waals surface area contributed by atoms with Crippen molar-refractivity contribution in [2.45, 2.75) is 19.4 Å². The Morgan fingerprint density at radius 2 is 2.19 bits per heavy atom. The van der Waals surface area contributed by atoms with Crippen LogP contribution >= 0.6 is 11.3 Å². The molecule has 0 unspecified atom stereocenters. The van der Waals surface area contributed by atoms with Crippen molar-refractivity contribution in [1.29, 1.82) is 0 Å². The van der Waals surface area contributed by atoms with E-state index in [1.54, 1.807) is 22.2 Å². The van der Waals surface area contributed by atoms with E-state index >= 15 is 0 Å². The summed E-state index contributed by atoms with van der Waals surface area (Å²) in [6.07, 6.45) is 6.34. The molecule has 0 spiro atoms. The molecular weight excluding hydrogens is 286 g/mol. The molecule has 0 saturated carbocycles. The standard InChI is InChI=1S/C14H19N5OS/c1-12(19-8-2-4-16-19)13(20)17-6-3-7-18(10-9-17)14-15-5-11-21-14/h2,4-5,8,11-12H,3,6-7,9-10H2,1H3/t12-/m0/s1. The summed E-state index contributed by atoms with van der Waals surface area (Å²) in [4.78, 5) is 21.1. The van der Waals surface area contributed by atoms with Crippen molar-refractivity contribution in [2.24, 2.45) is 0 Å². The second-order valence-electron chi connectivity index (χ2n) is 5.14. The Kier molecular flexibility index (Phi) is 4.19. The lowest BCUT2D eigenvalue weighted by Crippen LogP contribution is -2.39. The molecular formula is C14H19N5OS. The first kappa shape index (κ1) is 14.1. The molecule has 0 radical (unpaired) electrons. The Morgan fingerprint density at radius 1 is 1.29 bits per heavy atom. The fourth-order valence-corrected chi connectivity index (χ4v) is 3.29. The van der Waals surface area contributed by atoms with Crippen LogP contribution in [0.4, 0.5) is 5.13 Å². The van der Waals surface area contributed by atoms with Gasteiger partial charge >= 0.3 is 0 Å². The molecule has 7 heteroatoms. The van der Waals surface area contributed by atoms with Crippen LogP contribution in [0, 0.1) is 0 Å². The number of anilines is 1. The van der Waals surface area contributed by atoms with Crippen LogP contribution in [0.2, 0.25) is 0 Å². The topological polar surface area (TPSA) is 54.3 Å². The van der Waals surface area contributed by atoms with Gasteiger partial charge in [-0.1, -0.05) is 0 Å².